The van der Waals surface area contributed by atoms with Gasteiger partial charge in [-0.05, 0) is 57.3 Å². The summed E-state index contributed by atoms with van der Waals surface area (Å²) in [5.41, 5.74) is 12.7. The van der Waals surface area contributed by atoms with Gasteiger partial charge in [0.15, 0.2) is 0 Å². The van der Waals surface area contributed by atoms with Crippen molar-refractivity contribution in [3.63, 3.8) is 0 Å². The zero-order chi connectivity index (χ0) is 15.5. The Labute approximate surface area is 137 Å². The molecular weight excluding hydrogens is 270 g/mol. The van der Waals surface area contributed by atoms with Crippen LogP contribution in [-0.2, 0) is 0 Å². The first-order chi connectivity index (χ1) is 10.8. The predicted octanol–water partition coefficient (Wildman–Crippen LogP) is 4.40. The lowest BCUT2D eigenvalue weighted by molar-refractivity contribution is 0.109. The lowest BCUT2D eigenvalue weighted by Gasteiger charge is -2.43. The number of hydrogen-bond donors (Lipinski definition) is 3. The van der Waals surface area contributed by atoms with Gasteiger partial charge in [0.05, 0.1) is 5.66 Å². The van der Waals surface area contributed by atoms with Crippen LogP contribution in [0.2, 0.25) is 0 Å². The molecule has 3 rings (SSSR count). The van der Waals surface area contributed by atoms with Crippen molar-refractivity contribution in [1.29, 1.82) is 0 Å². The van der Waals surface area contributed by atoms with Crippen molar-refractivity contribution in [3.8, 4) is 0 Å². The van der Waals surface area contributed by atoms with E-state index in [4.69, 9.17) is 5.73 Å². The van der Waals surface area contributed by atoms with Crippen molar-refractivity contribution in [2.24, 2.45) is 11.7 Å². The Morgan fingerprint density at radius 1 is 0.773 bits per heavy atom. The van der Waals surface area contributed by atoms with E-state index in [2.05, 4.69) is 23.0 Å². The zero-order valence-corrected chi connectivity index (χ0v) is 14.4. The molecule has 0 radical (unpaired) electrons. The Balaban J connectivity index is 0.000000172. The molecule has 1 aliphatic heterocycles. The van der Waals surface area contributed by atoms with E-state index in [0.717, 1.165) is 13.0 Å². The minimum atomic E-state index is -0.112. The third kappa shape index (κ3) is 6.39. The summed E-state index contributed by atoms with van der Waals surface area (Å²) >= 11 is 0. The summed E-state index contributed by atoms with van der Waals surface area (Å²) in [5, 5.41) is 0. The molecule has 0 spiro atoms. The molecule has 2 fully saturated rings. The van der Waals surface area contributed by atoms with Crippen LogP contribution >= 0.6 is 0 Å². The molecule has 0 bridgehead atoms. The van der Waals surface area contributed by atoms with Gasteiger partial charge >= 0.3 is 0 Å². The molecular formula is C19H37N3. The first-order valence-corrected chi connectivity index (χ1v) is 9.75. The number of rotatable bonds is 1. The summed E-state index contributed by atoms with van der Waals surface area (Å²) in [6.45, 7) is 1.06. The smallest absolute Gasteiger partial charge is 0.0820 e. The summed E-state index contributed by atoms with van der Waals surface area (Å²) in [7, 11) is 0. The van der Waals surface area contributed by atoms with Gasteiger partial charge in [0, 0.05) is 6.54 Å². The van der Waals surface area contributed by atoms with Crippen LogP contribution in [0.4, 0.5) is 0 Å². The molecule has 0 aromatic carbocycles. The molecule has 1 saturated heterocycles. The summed E-state index contributed by atoms with van der Waals surface area (Å²) in [4.78, 5) is 0. The quantitative estimate of drug-likeness (QED) is 0.629. The molecule has 0 amide bonds. The third-order valence-corrected chi connectivity index (χ3v) is 5.46. The van der Waals surface area contributed by atoms with Gasteiger partial charge in [-0.15, -0.1) is 0 Å². The lowest BCUT2D eigenvalue weighted by atomic mass is 9.78. The van der Waals surface area contributed by atoms with E-state index in [0.29, 0.717) is 5.92 Å². The van der Waals surface area contributed by atoms with Crippen LogP contribution in [0.3, 0.4) is 0 Å². The van der Waals surface area contributed by atoms with Gasteiger partial charge in [0.2, 0.25) is 0 Å². The predicted molar refractivity (Wildman–Crippen MR) is 95.3 cm³/mol. The summed E-state index contributed by atoms with van der Waals surface area (Å²) < 4.78 is 0. The van der Waals surface area contributed by atoms with Crippen LogP contribution in [0.15, 0.2) is 12.2 Å². The first-order valence-electron chi connectivity index (χ1n) is 9.75. The molecule has 3 heteroatoms. The second-order valence-corrected chi connectivity index (χ2v) is 7.35. The minimum absolute atomic E-state index is 0.112. The molecule has 3 aliphatic rings. The Bertz CT molecular complexity index is 292. The van der Waals surface area contributed by atoms with Gasteiger partial charge in [0.1, 0.15) is 0 Å². The summed E-state index contributed by atoms with van der Waals surface area (Å²) in [6.07, 6.45) is 23.6. The van der Waals surface area contributed by atoms with Crippen LogP contribution in [0, 0.1) is 5.92 Å². The molecule has 0 aromatic rings. The fraction of sp³-hybridized carbons (Fsp3) is 0.895. The van der Waals surface area contributed by atoms with Crippen molar-refractivity contribution in [3.05, 3.63) is 12.2 Å². The number of hydrazine groups is 1. The summed E-state index contributed by atoms with van der Waals surface area (Å²) in [5.74, 6) is 0.689. The monoisotopic (exact) mass is 307 g/mol. The highest BCUT2D eigenvalue weighted by Gasteiger charge is 2.36. The third-order valence-electron chi connectivity index (χ3n) is 5.46. The Hall–Kier alpha value is -0.380. The Morgan fingerprint density at radius 3 is 1.95 bits per heavy atom. The standard InChI is InChI=1S/C10H21N3.C9H16/c11-10(7-4-8-12-13-10)9-5-2-1-3-6-9;1-2-4-6-8-9-7-5-3-1/h9,12-13H,1-8,11H2;1-2H,3-9H2. The zero-order valence-electron chi connectivity index (χ0n) is 14.4. The highest BCUT2D eigenvalue weighted by atomic mass is 15.4. The highest BCUT2D eigenvalue weighted by Crippen LogP contribution is 2.32. The highest BCUT2D eigenvalue weighted by molar-refractivity contribution is 4.91. The van der Waals surface area contributed by atoms with Gasteiger partial charge in [-0.2, -0.15) is 0 Å². The van der Waals surface area contributed by atoms with E-state index in [1.165, 1.54) is 83.5 Å². The van der Waals surface area contributed by atoms with Crippen molar-refractivity contribution in [2.75, 3.05) is 6.54 Å². The van der Waals surface area contributed by atoms with E-state index in [9.17, 15) is 0 Å². The number of nitrogens with two attached hydrogens (primary N) is 1. The molecule has 4 N–H and O–H groups in total. The first kappa shape index (κ1) is 18.0. The van der Waals surface area contributed by atoms with Crippen LogP contribution in [0.5, 0.6) is 0 Å². The summed E-state index contributed by atoms with van der Waals surface area (Å²) in [6, 6.07) is 0. The molecule has 1 atom stereocenters. The molecule has 0 aromatic heterocycles. The molecule has 3 nitrogen and oxygen atoms in total. The van der Waals surface area contributed by atoms with Gasteiger partial charge in [-0.3, -0.25) is 5.43 Å². The normalized spacial score (nSPS) is 31.3. The number of hydrogen-bond acceptors (Lipinski definition) is 3. The second-order valence-electron chi connectivity index (χ2n) is 7.35. The van der Waals surface area contributed by atoms with Crippen LogP contribution in [0.25, 0.3) is 0 Å². The van der Waals surface area contributed by atoms with Gasteiger partial charge in [0.25, 0.3) is 0 Å². The fourth-order valence-electron chi connectivity index (χ4n) is 3.97. The van der Waals surface area contributed by atoms with Gasteiger partial charge in [-0.25, -0.2) is 5.43 Å². The van der Waals surface area contributed by atoms with Crippen LogP contribution in [0.1, 0.15) is 89.9 Å². The van der Waals surface area contributed by atoms with Crippen molar-refractivity contribution in [2.45, 2.75) is 95.6 Å². The maximum atomic E-state index is 6.36. The molecule has 128 valence electrons. The molecule has 2 aliphatic carbocycles. The van der Waals surface area contributed by atoms with Crippen LogP contribution < -0.4 is 16.6 Å². The van der Waals surface area contributed by atoms with E-state index in [1.54, 1.807) is 0 Å². The second kappa shape index (κ2) is 10.4. The van der Waals surface area contributed by atoms with E-state index >= 15 is 0 Å². The van der Waals surface area contributed by atoms with Crippen molar-refractivity contribution >= 4 is 0 Å². The van der Waals surface area contributed by atoms with Gasteiger partial charge in [-0.1, -0.05) is 50.7 Å². The average molecular weight is 308 g/mol. The SMILES string of the molecule is C1=CCCCCCCC1.NC1(C2CCCCC2)CCCNN1. The topological polar surface area (TPSA) is 50.1 Å². The van der Waals surface area contributed by atoms with Gasteiger partial charge < -0.3 is 5.73 Å². The maximum absolute atomic E-state index is 6.36. The number of allylic oxidation sites excluding steroid dienone is 2. The van der Waals surface area contributed by atoms with E-state index in [1.807, 2.05) is 0 Å². The molecule has 1 saturated carbocycles. The molecule has 22 heavy (non-hydrogen) atoms. The van der Waals surface area contributed by atoms with E-state index < -0.39 is 0 Å². The minimum Gasteiger partial charge on any atom is -0.312 e. The average Bonchev–Trinajstić information content (AvgIpc) is 2.73. The van der Waals surface area contributed by atoms with Crippen molar-refractivity contribution < 1.29 is 0 Å². The molecule has 1 unspecified atom stereocenters. The largest absolute Gasteiger partial charge is 0.312 e. The Morgan fingerprint density at radius 2 is 1.36 bits per heavy atom. The lowest BCUT2D eigenvalue weighted by Crippen LogP contribution is -2.66. The van der Waals surface area contributed by atoms with Crippen molar-refractivity contribution in [1.82, 2.24) is 10.9 Å². The molecule has 1 heterocycles. The van der Waals surface area contributed by atoms with Crippen LogP contribution in [-0.4, -0.2) is 12.2 Å². The van der Waals surface area contributed by atoms with E-state index in [-0.39, 0.29) is 5.66 Å². The Kier molecular flexibility index (Phi) is 8.50. The number of nitrogens with one attached hydrogen (secondary N) is 2. The fourth-order valence-corrected chi connectivity index (χ4v) is 3.97. The maximum Gasteiger partial charge on any atom is 0.0820 e.